The van der Waals surface area contributed by atoms with Crippen molar-refractivity contribution in [2.75, 3.05) is 0 Å². The van der Waals surface area contributed by atoms with Crippen LogP contribution in [-0.4, -0.2) is 11.9 Å². The summed E-state index contributed by atoms with van der Waals surface area (Å²) in [4.78, 5) is 23.7. The lowest BCUT2D eigenvalue weighted by molar-refractivity contribution is 0.0658. The van der Waals surface area contributed by atoms with Crippen LogP contribution in [0.25, 0.3) is 0 Å². The molecule has 92 valence electrons. The topological polar surface area (TPSA) is 69.4 Å². The van der Waals surface area contributed by atoms with Crippen LogP contribution in [0.5, 0.6) is 0 Å². The van der Waals surface area contributed by atoms with Crippen LogP contribution in [0.1, 0.15) is 21.3 Å². The smallest absolute Gasteiger partial charge is 0.405 e. The first kappa shape index (κ1) is 12.3. The summed E-state index contributed by atoms with van der Waals surface area (Å²) in [6, 6.07) is 12.3. The number of amides is 1. The molecule has 1 unspecified atom stereocenters. The van der Waals surface area contributed by atoms with Crippen molar-refractivity contribution in [3.63, 3.8) is 0 Å². The fourth-order valence-corrected chi connectivity index (χ4v) is 2.25. The molecule has 0 aliphatic heterocycles. The highest BCUT2D eigenvalue weighted by atomic mass is 32.1. The Kier molecular flexibility index (Phi) is 3.74. The minimum Gasteiger partial charge on any atom is -0.433 e. The summed E-state index contributed by atoms with van der Waals surface area (Å²) < 4.78 is 4.92. The summed E-state index contributed by atoms with van der Waals surface area (Å²) in [7, 11) is 0. The molecule has 0 spiro atoms. The summed E-state index contributed by atoms with van der Waals surface area (Å²) in [5, 5.41) is 1.79. The van der Waals surface area contributed by atoms with E-state index in [1.807, 2.05) is 6.07 Å². The molecule has 0 aliphatic carbocycles. The second-order valence-electron chi connectivity index (χ2n) is 3.57. The number of nitrogens with two attached hydrogens (primary N) is 1. The van der Waals surface area contributed by atoms with Crippen molar-refractivity contribution in [1.82, 2.24) is 0 Å². The lowest BCUT2D eigenvalue weighted by atomic mass is 10.0. The average Bonchev–Trinajstić information content (AvgIpc) is 2.90. The number of carbonyl (C=O) groups excluding carboxylic acids is 2. The zero-order valence-corrected chi connectivity index (χ0v) is 10.2. The van der Waals surface area contributed by atoms with Crippen LogP contribution in [0.15, 0.2) is 47.8 Å². The van der Waals surface area contributed by atoms with E-state index in [4.69, 9.17) is 10.5 Å². The van der Waals surface area contributed by atoms with Gasteiger partial charge in [-0.15, -0.1) is 11.3 Å². The molecule has 2 rings (SSSR count). The van der Waals surface area contributed by atoms with Gasteiger partial charge in [0.15, 0.2) is 6.10 Å². The number of thiophene rings is 1. The van der Waals surface area contributed by atoms with Gasteiger partial charge < -0.3 is 10.5 Å². The van der Waals surface area contributed by atoms with E-state index in [-0.39, 0.29) is 5.78 Å². The van der Waals surface area contributed by atoms with Gasteiger partial charge in [0.25, 0.3) is 0 Å². The summed E-state index contributed by atoms with van der Waals surface area (Å²) in [5.74, 6) is -0.269. The molecule has 4 nitrogen and oxygen atoms in total. The first-order valence-corrected chi connectivity index (χ1v) is 6.15. The number of hydrogen-bond acceptors (Lipinski definition) is 4. The van der Waals surface area contributed by atoms with E-state index in [2.05, 4.69) is 0 Å². The van der Waals surface area contributed by atoms with Crippen LogP contribution in [0.3, 0.4) is 0 Å². The van der Waals surface area contributed by atoms with Gasteiger partial charge in [0, 0.05) is 5.56 Å². The lowest BCUT2D eigenvalue weighted by Gasteiger charge is -2.14. The van der Waals surface area contributed by atoms with Crippen molar-refractivity contribution in [2.45, 2.75) is 6.10 Å². The molecule has 1 heterocycles. The molecule has 2 aromatic rings. The van der Waals surface area contributed by atoms with Crippen molar-refractivity contribution < 1.29 is 14.3 Å². The molecule has 0 aliphatic rings. The van der Waals surface area contributed by atoms with Gasteiger partial charge in [-0.05, 0) is 11.4 Å². The first-order valence-electron chi connectivity index (χ1n) is 5.27. The van der Waals surface area contributed by atoms with Crippen LogP contribution >= 0.6 is 11.3 Å². The predicted octanol–water partition coefficient (Wildman–Crippen LogP) is 2.77. The van der Waals surface area contributed by atoms with Crippen molar-refractivity contribution in [2.24, 2.45) is 5.73 Å². The molecule has 1 aromatic heterocycles. The van der Waals surface area contributed by atoms with E-state index in [1.165, 1.54) is 11.3 Å². The second kappa shape index (κ2) is 5.46. The molecule has 5 heteroatoms. The van der Waals surface area contributed by atoms with Crippen LogP contribution in [0.2, 0.25) is 0 Å². The molecule has 1 atom stereocenters. The fourth-order valence-electron chi connectivity index (χ4n) is 1.56. The van der Waals surface area contributed by atoms with Gasteiger partial charge in [-0.25, -0.2) is 4.79 Å². The minimum atomic E-state index is -0.984. The number of hydrogen-bond donors (Lipinski definition) is 1. The molecule has 0 saturated heterocycles. The summed E-state index contributed by atoms with van der Waals surface area (Å²) >= 11 is 1.30. The largest absolute Gasteiger partial charge is 0.433 e. The summed E-state index contributed by atoms with van der Waals surface area (Å²) in [6.45, 7) is 0. The Balaban J connectivity index is 2.31. The van der Waals surface area contributed by atoms with E-state index >= 15 is 0 Å². The number of Topliss-reactive ketones (excluding diaryl/α,β-unsaturated/α-hetero) is 1. The van der Waals surface area contributed by atoms with E-state index < -0.39 is 12.2 Å². The standard InChI is InChI=1S/C13H11NO3S/c14-13(16)17-12(9-5-2-1-3-6-9)11(15)10-7-4-8-18-10/h1-8,12H,(H2,14,16). The van der Waals surface area contributed by atoms with Gasteiger partial charge in [0.2, 0.25) is 5.78 Å². The Hall–Kier alpha value is -2.14. The SMILES string of the molecule is NC(=O)OC(C(=O)c1cccs1)c1ccccc1. The Labute approximate surface area is 108 Å². The highest BCUT2D eigenvalue weighted by molar-refractivity contribution is 7.12. The van der Waals surface area contributed by atoms with Crippen LogP contribution in [0, 0.1) is 0 Å². The van der Waals surface area contributed by atoms with E-state index in [0.29, 0.717) is 10.4 Å². The second-order valence-corrected chi connectivity index (χ2v) is 4.52. The Morgan fingerprint density at radius 2 is 1.83 bits per heavy atom. The number of benzene rings is 1. The maximum absolute atomic E-state index is 12.2. The molecule has 1 aromatic carbocycles. The Bertz CT molecular complexity index is 537. The van der Waals surface area contributed by atoms with E-state index in [9.17, 15) is 9.59 Å². The first-order chi connectivity index (χ1) is 8.68. The highest BCUT2D eigenvalue weighted by Gasteiger charge is 2.25. The third-order valence-electron chi connectivity index (χ3n) is 2.34. The maximum atomic E-state index is 12.2. The van der Waals surface area contributed by atoms with Gasteiger partial charge in [-0.1, -0.05) is 36.4 Å². The third kappa shape index (κ3) is 2.75. The normalized spacial score (nSPS) is 11.8. The number of ether oxygens (including phenoxy) is 1. The van der Waals surface area contributed by atoms with E-state index in [0.717, 1.165) is 0 Å². The Morgan fingerprint density at radius 3 is 2.39 bits per heavy atom. The molecular weight excluding hydrogens is 250 g/mol. The lowest BCUT2D eigenvalue weighted by Crippen LogP contribution is -2.23. The molecule has 0 radical (unpaired) electrons. The molecule has 18 heavy (non-hydrogen) atoms. The summed E-state index contributed by atoms with van der Waals surface area (Å²) in [6.07, 6.45) is -1.95. The quantitative estimate of drug-likeness (QED) is 0.860. The molecule has 0 fully saturated rings. The fraction of sp³-hybridized carbons (Fsp3) is 0.0769. The number of primary amides is 1. The van der Waals surface area contributed by atoms with Gasteiger partial charge in [0.05, 0.1) is 4.88 Å². The number of ketones is 1. The van der Waals surface area contributed by atoms with Crippen molar-refractivity contribution in [3.8, 4) is 0 Å². The zero-order chi connectivity index (χ0) is 13.0. The maximum Gasteiger partial charge on any atom is 0.405 e. The average molecular weight is 261 g/mol. The monoisotopic (exact) mass is 261 g/mol. The van der Waals surface area contributed by atoms with Gasteiger partial charge in [-0.3, -0.25) is 4.79 Å². The number of carbonyl (C=O) groups is 2. The molecule has 2 N–H and O–H groups in total. The van der Waals surface area contributed by atoms with Gasteiger partial charge in [0.1, 0.15) is 0 Å². The molecule has 1 amide bonds. The number of rotatable bonds is 4. The minimum absolute atomic E-state index is 0.269. The molecule has 0 bridgehead atoms. The van der Waals surface area contributed by atoms with Crippen LogP contribution in [0.4, 0.5) is 4.79 Å². The summed E-state index contributed by atoms with van der Waals surface area (Å²) in [5.41, 5.74) is 5.62. The van der Waals surface area contributed by atoms with Crippen LogP contribution in [-0.2, 0) is 4.74 Å². The van der Waals surface area contributed by atoms with Crippen molar-refractivity contribution in [1.29, 1.82) is 0 Å². The molecule has 0 saturated carbocycles. The Morgan fingerprint density at radius 1 is 1.11 bits per heavy atom. The van der Waals surface area contributed by atoms with Crippen molar-refractivity contribution in [3.05, 3.63) is 58.3 Å². The van der Waals surface area contributed by atoms with Crippen molar-refractivity contribution >= 4 is 23.2 Å². The van der Waals surface area contributed by atoms with Crippen LogP contribution < -0.4 is 5.73 Å². The third-order valence-corrected chi connectivity index (χ3v) is 3.22. The van der Waals surface area contributed by atoms with E-state index in [1.54, 1.807) is 41.8 Å². The van der Waals surface area contributed by atoms with Gasteiger partial charge in [-0.2, -0.15) is 0 Å². The highest BCUT2D eigenvalue weighted by Crippen LogP contribution is 2.24. The predicted molar refractivity (Wildman–Crippen MR) is 68.5 cm³/mol. The molecular formula is C13H11NO3S. The zero-order valence-electron chi connectivity index (χ0n) is 9.41. The van der Waals surface area contributed by atoms with Gasteiger partial charge >= 0.3 is 6.09 Å².